The minimum absolute atomic E-state index is 0. The number of ether oxygens (including phenoxy) is 1. The van der Waals surface area contributed by atoms with Gasteiger partial charge in [-0.1, -0.05) is 6.92 Å². The minimum Gasteiger partial charge on any atom is -0.466 e. The maximum Gasteiger partial charge on any atom is 0.310 e. The second-order valence-corrected chi connectivity index (χ2v) is 5.19. The molecule has 1 atom stereocenters. The molecule has 0 aliphatic carbocycles. The van der Waals surface area contributed by atoms with Crippen molar-refractivity contribution in [1.82, 2.24) is 10.6 Å². The molecular formula is C14H27ClN2O3. The van der Waals surface area contributed by atoms with Crippen molar-refractivity contribution in [3.8, 4) is 0 Å². The number of carbonyl (C=O) groups excluding carboxylic acids is 2. The van der Waals surface area contributed by atoms with Crippen LogP contribution in [0.25, 0.3) is 0 Å². The summed E-state index contributed by atoms with van der Waals surface area (Å²) in [4.78, 5) is 23.1. The number of nitrogens with one attached hydrogen (secondary N) is 2. The molecule has 0 aromatic heterocycles. The summed E-state index contributed by atoms with van der Waals surface area (Å²) in [6, 6.07) is 0. The Bertz CT molecular complexity index is 294. The smallest absolute Gasteiger partial charge is 0.310 e. The lowest BCUT2D eigenvalue weighted by molar-refractivity contribution is -0.147. The van der Waals surface area contributed by atoms with Crippen LogP contribution in [-0.4, -0.2) is 38.1 Å². The average molecular weight is 307 g/mol. The van der Waals surface area contributed by atoms with Crippen molar-refractivity contribution >= 4 is 24.3 Å². The van der Waals surface area contributed by atoms with E-state index in [-0.39, 0.29) is 30.2 Å². The van der Waals surface area contributed by atoms with Crippen LogP contribution in [0.4, 0.5) is 0 Å². The average Bonchev–Trinajstić information content (AvgIpc) is 2.43. The molecule has 1 aliphatic heterocycles. The summed E-state index contributed by atoms with van der Waals surface area (Å²) in [5.41, 5.74) is 0. The second-order valence-electron chi connectivity index (χ2n) is 5.19. The van der Waals surface area contributed by atoms with Crippen LogP contribution in [0.3, 0.4) is 0 Å². The largest absolute Gasteiger partial charge is 0.466 e. The van der Waals surface area contributed by atoms with Crippen molar-refractivity contribution in [3.05, 3.63) is 0 Å². The topological polar surface area (TPSA) is 67.4 Å². The van der Waals surface area contributed by atoms with E-state index in [1.807, 2.05) is 0 Å². The van der Waals surface area contributed by atoms with Crippen LogP contribution >= 0.6 is 12.4 Å². The first kappa shape index (κ1) is 19.2. The highest BCUT2D eigenvalue weighted by molar-refractivity contribution is 5.85. The van der Waals surface area contributed by atoms with Crippen molar-refractivity contribution in [3.63, 3.8) is 0 Å². The maximum atomic E-state index is 11.7. The highest BCUT2D eigenvalue weighted by Crippen LogP contribution is 2.17. The van der Waals surface area contributed by atoms with Crippen LogP contribution < -0.4 is 10.6 Å². The summed E-state index contributed by atoms with van der Waals surface area (Å²) in [5, 5.41) is 6.12. The van der Waals surface area contributed by atoms with Crippen molar-refractivity contribution in [2.75, 3.05) is 26.2 Å². The van der Waals surface area contributed by atoms with E-state index in [9.17, 15) is 9.59 Å². The van der Waals surface area contributed by atoms with Gasteiger partial charge in [0, 0.05) is 13.0 Å². The highest BCUT2D eigenvalue weighted by atomic mass is 35.5. The molecule has 1 fully saturated rings. The predicted octanol–water partition coefficient (Wildman–Crippen LogP) is 1.50. The van der Waals surface area contributed by atoms with E-state index in [4.69, 9.17) is 4.74 Å². The summed E-state index contributed by atoms with van der Waals surface area (Å²) in [5.74, 6) is 0.174. The van der Waals surface area contributed by atoms with Gasteiger partial charge in [-0.3, -0.25) is 9.59 Å². The fourth-order valence-electron chi connectivity index (χ4n) is 2.23. The molecule has 0 saturated carbocycles. The van der Waals surface area contributed by atoms with Gasteiger partial charge >= 0.3 is 5.97 Å². The van der Waals surface area contributed by atoms with Gasteiger partial charge in [-0.2, -0.15) is 0 Å². The standard InChI is InChI=1S/C14H26N2O3.ClH/c1-3-19-14(18)11(2)10-16-13(17)5-4-12-6-8-15-9-7-12;/h11-12,15H,3-10H2,1-2H3,(H,16,17);1H. The van der Waals surface area contributed by atoms with Gasteiger partial charge in [-0.05, 0) is 45.2 Å². The molecule has 0 aromatic carbocycles. The van der Waals surface area contributed by atoms with Gasteiger partial charge in [0.15, 0.2) is 0 Å². The molecule has 118 valence electrons. The number of hydrogen-bond donors (Lipinski definition) is 2. The fourth-order valence-corrected chi connectivity index (χ4v) is 2.23. The number of hydrogen-bond acceptors (Lipinski definition) is 4. The molecule has 6 heteroatoms. The van der Waals surface area contributed by atoms with Gasteiger partial charge in [-0.25, -0.2) is 0 Å². The zero-order valence-corrected chi connectivity index (χ0v) is 13.3. The van der Waals surface area contributed by atoms with Crippen molar-refractivity contribution in [2.24, 2.45) is 11.8 Å². The molecule has 0 bridgehead atoms. The normalized spacial score (nSPS) is 16.9. The Labute approximate surface area is 127 Å². The summed E-state index contributed by atoms with van der Waals surface area (Å²) in [6.07, 6.45) is 3.82. The van der Waals surface area contributed by atoms with Crippen molar-refractivity contribution in [2.45, 2.75) is 39.5 Å². The van der Waals surface area contributed by atoms with Crippen molar-refractivity contribution < 1.29 is 14.3 Å². The lowest BCUT2D eigenvalue weighted by Crippen LogP contribution is -2.33. The number of esters is 1. The summed E-state index contributed by atoms with van der Waals surface area (Å²) in [6.45, 7) is 6.42. The number of amides is 1. The van der Waals surface area contributed by atoms with Crippen LogP contribution in [-0.2, 0) is 14.3 Å². The lowest BCUT2D eigenvalue weighted by atomic mass is 9.93. The minimum atomic E-state index is -0.275. The third-order valence-electron chi connectivity index (χ3n) is 3.53. The molecule has 1 amide bonds. The Morgan fingerprint density at radius 2 is 2.00 bits per heavy atom. The second kappa shape index (κ2) is 10.9. The molecule has 2 N–H and O–H groups in total. The van der Waals surface area contributed by atoms with E-state index in [0.29, 0.717) is 25.5 Å². The number of halogens is 1. The van der Waals surface area contributed by atoms with E-state index in [1.165, 1.54) is 0 Å². The molecule has 1 rings (SSSR count). The number of carbonyl (C=O) groups is 2. The van der Waals surface area contributed by atoms with Crippen molar-refractivity contribution in [1.29, 1.82) is 0 Å². The Balaban J connectivity index is 0.00000361. The molecule has 20 heavy (non-hydrogen) atoms. The van der Waals surface area contributed by atoms with E-state index in [2.05, 4.69) is 10.6 Å². The van der Waals surface area contributed by atoms with Crippen LogP contribution in [0.1, 0.15) is 39.5 Å². The van der Waals surface area contributed by atoms with E-state index in [0.717, 1.165) is 32.4 Å². The molecular weight excluding hydrogens is 280 g/mol. The van der Waals surface area contributed by atoms with Crippen LogP contribution in [0.5, 0.6) is 0 Å². The fraction of sp³-hybridized carbons (Fsp3) is 0.857. The molecule has 0 radical (unpaired) electrons. The van der Waals surface area contributed by atoms with E-state index in [1.54, 1.807) is 13.8 Å². The van der Waals surface area contributed by atoms with Gasteiger partial charge in [-0.15, -0.1) is 12.4 Å². The van der Waals surface area contributed by atoms with E-state index < -0.39 is 0 Å². The third kappa shape index (κ3) is 7.70. The Kier molecular flexibility index (Phi) is 10.5. The first-order chi connectivity index (χ1) is 9.13. The monoisotopic (exact) mass is 306 g/mol. The van der Waals surface area contributed by atoms with Gasteiger partial charge < -0.3 is 15.4 Å². The lowest BCUT2D eigenvalue weighted by Gasteiger charge is -2.22. The predicted molar refractivity (Wildman–Crippen MR) is 80.9 cm³/mol. The summed E-state index contributed by atoms with van der Waals surface area (Å²) < 4.78 is 4.89. The highest BCUT2D eigenvalue weighted by Gasteiger charge is 2.17. The molecule has 0 aromatic rings. The summed E-state index contributed by atoms with van der Waals surface area (Å²) in [7, 11) is 0. The first-order valence-electron chi connectivity index (χ1n) is 7.27. The first-order valence-corrected chi connectivity index (χ1v) is 7.27. The third-order valence-corrected chi connectivity index (χ3v) is 3.53. The van der Waals surface area contributed by atoms with Gasteiger partial charge in [0.2, 0.25) is 5.91 Å². The molecule has 0 spiro atoms. The van der Waals surface area contributed by atoms with Gasteiger partial charge in [0.1, 0.15) is 0 Å². The van der Waals surface area contributed by atoms with Crippen LogP contribution in [0, 0.1) is 11.8 Å². The Hall–Kier alpha value is -0.810. The van der Waals surface area contributed by atoms with Crippen LogP contribution in [0.2, 0.25) is 0 Å². The number of rotatable bonds is 7. The quantitative estimate of drug-likeness (QED) is 0.700. The van der Waals surface area contributed by atoms with Gasteiger partial charge in [0.05, 0.1) is 12.5 Å². The van der Waals surface area contributed by atoms with E-state index >= 15 is 0 Å². The maximum absolute atomic E-state index is 11.7. The molecule has 1 heterocycles. The summed E-state index contributed by atoms with van der Waals surface area (Å²) >= 11 is 0. The molecule has 1 aliphatic rings. The zero-order chi connectivity index (χ0) is 14.1. The van der Waals surface area contributed by atoms with Crippen LogP contribution in [0.15, 0.2) is 0 Å². The van der Waals surface area contributed by atoms with Gasteiger partial charge in [0.25, 0.3) is 0 Å². The SMILES string of the molecule is CCOC(=O)C(C)CNC(=O)CCC1CCNCC1.Cl. The number of piperidine rings is 1. The zero-order valence-electron chi connectivity index (χ0n) is 12.4. The Morgan fingerprint density at radius 3 is 2.60 bits per heavy atom. The Morgan fingerprint density at radius 1 is 1.35 bits per heavy atom. The molecule has 1 saturated heterocycles. The molecule has 1 unspecified atom stereocenters. The molecule has 5 nitrogen and oxygen atoms in total.